The van der Waals surface area contributed by atoms with Gasteiger partial charge in [0.05, 0.1) is 0 Å². The van der Waals surface area contributed by atoms with Crippen LogP contribution in [0, 0.1) is 6.92 Å². The van der Waals surface area contributed by atoms with Gasteiger partial charge < -0.3 is 5.32 Å². The van der Waals surface area contributed by atoms with Gasteiger partial charge in [0.1, 0.15) is 23.8 Å². The maximum absolute atomic E-state index is 4.51. The van der Waals surface area contributed by atoms with Crippen molar-refractivity contribution in [3.63, 3.8) is 0 Å². The first-order valence-corrected chi connectivity index (χ1v) is 6.59. The van der Waals surface area contributed by atoms with E-state index in [1.165, 1.54) is 6.33 Å². The molecule has 6 heteroatoms. The molecule has 0 fully saturated rings. The molecule has 2 aromatic rings. The van der Waals surface area contributed by atoms with E-state index in [1.807, 2.05) is 13.0 Å². The van der Waals surface area contributed by atoms with E-state index < -0.39 is 0 Å². The van der Waals surface area contributed by atoms with E-state index >= 15 is 0 Å². The van der Waals surface area contributed by atoms with E-state index in [9.17, 15) is 0 Å². The number of nitrogens with zero attached hydrogens (tertiary/aromatic N) is 4. The Morgan fingerprint density at radius 2 is 2.16 bits per heavy atom. The molecule has 19 heavy (non-hydrogen) atoms. The molecule has 2 aromatic heterocycles. The Bertz CT molecular complexity index is 506. The van der Waals surface area contributed by atoms with Gasteiger partial charge in [-0.1, -0.05) is 13.8 Å². The Kier molecular flexibility index (Phi) is 4.43. The maximum atomic E-state index is 4.51. The zero-order valence-electron chi connectivity index (χ0n) is 11.6. The fourth-order valence-corrected chi connectivity index (χ4v) is 1.76. The summed E-state index contributed by atoms with van der Waals surface area (Å²) >= 11 is 0. The first-order chi connectivity index (χ1) is 9.15. The fourth-order valence-electron chi connectivity index (χ4n) is 1.76. The minimum absolute atomic E-state index is 0.342. The van der Waals surface area contributed by atoms with Crippen LogP contribution >= 0.6 is 0 Å². The lowest BCUT2D eigenvalue weighted by Gasteiger charge is -2.09. The highest BCUT2D eigenvalue weighted by atomic mass is 15.2. The lowest BCUT2D eigenvalue weighted by atomic mass is 10.2. The quantitative estimate of drug-likeness (QED) is 0.777. The van der Waals surface area contributed by atoms with E-state index in [1.54, 1.807) is 0 Å². The normalized spacial score (nSPS) is 10.9. The fraction of sp³-hybridized carbons (Fsp3) is 0.538. The van der Waals surface area contributed by atoms with Crippen LogP contribution in [0.15, 0.2) is 12.4 Å². The van der Waals surface area contributed by atoms with Crippen LogP contribution in [-0.2, 0) is 6.42 Å². The molecule has 2 heterocycles. The molecule has 0 aliphatic rings. The van der Waals surface area contributed by atoms with Crippen LogP contribution in [0.4, 0.5) is 5.82 Å². The van der Waals surface area contributed by atoms with Crippen molar-refractivity contribution in [3.8, 4) is 0 Å². The van der Waals surface area contributed by atoms with Gasteiger partial charge in [0, 0.05) is 30.6 Å². The van der Waals surface area contributed by atoms with E-state index in [0.29, 0.717) is 5.92 Å². The van der Waals surface area contributed by atoms with Crippen molar-refractivity contribution < 1.29 is 0 Å². The summed E-state index contributed by atoms with van der Waals surface area (Å²) in [5, 5.41) is 10.0. The number of rotatable bonds is 6. The molecular formula is C13H20N6. The number of nitrogens with one attached hydrogen (secondary N) is 2. The minimum Gasteiger partial charge on any atom is -0.370 e. The van der Waals surface area contributed by atoms with Gasteiger partial charge in [-0.3, -0.25) is 5.10 Å². The molecule has 0 atom stereocenters. The number of anilines is 1. The number of hydrogen-bond acceptors (Lipinski definition) is 5. The lowest BCUT2D eigenvalue weighted by molar-refractivity contribution is 0.761. The summed E-state index contributed by atoms with van der Waals surface area (Å²) in [7, 11) is 0. The largest absolute Gasteiger partial charge is 0.370 e. The van der Waals surface area contributed by atoms with E-state index in [0.717, 1.165) is 42.5 Å². The molecule has 0 aliphatic carbocycles. The van der Waals surface area contributed by atoms with Gasteiger partial charge in [0.25, 0.3) is 0 Å². The number of aryl methyl sites for hydroxylation is 2. The Morgan fingerprint density at radius 3 is 2.84 bits per heavy atom. The van der Waals surface area contributed by atoms with Crippen molar-refractivity contribution in [1.29, 1.82) is 0 Å². The average Bonchev–Trinajstić information content (AvgIpc) is 2.87. The summed E-state index contributed by atoms with van der Waals surface area (Å²) in [6, 6.07) is 1.97. The molecule has 2 rings (SSSR count). The minimum atomic E-state index is 0.342. The topological polar surface area (TPSA) is 79.4 Å². The second kappa shape index (κ2) is 6.26. The molecule has 0 aromatic carbocycles. The van der Waals surface area contributed by atoms with Crippen molar-refractivity contribution in [2.75, 3.05) is 11.9 Å². The molecule has 6 nitrogen and oxygen atoms in total. The zero-order valence-corrected chi connectivity index (χ0v) is 11.6. The van der Waals surface area contributed by atoms with E-state index in [4.69, 9.17) is 0 Å². The first kappa shape index (κ1) is 13.5. The standard InChI is InChI=1S/C13H20N6/c1-9(2)13-17-10(3)7-12(18-13)14-6-4-5-11-15-8-16-19-11/h7-9H,4-6H2,1-3H3,(H,14,17,18)(H,15,16,19). The van der Waals surface area contributed by atoms with E-state index in [2.05, 4.69) is 44.3 Å². The summed E-state index contributed by atoms with van der Waals surface area (Å²) in [5.41, 5.74) is 0.997. The van der Waals surface area contributed by atoms with Crippen LogP contribution in [0.2, 0.25) is 0 Å². The van der Waals surface area contributed by atoms with Crippen LogP contribution in [0.3, 0.4) is 0 Å². The molecule has 0 saturated heterocycles. The highest BCUT2D eigenvalue weighted by Crippen LogP contribution is 2.13. The van der Waals surface area contributed by atoms with Crippen molar-refractivity contribution >= 4 is 5.82 Å². The number of hydrogen-bond donors (Lipinski definition) is 2. The van der Waals surface area contributed by atoms with Crippen LogP contribution in [0.25, 0.3) is 0 Å². The molecule has 2 N–H and O–H groups in total. The summed E-state index contributed by atoms with van der Waals surface area (Å²) in [5.74, 6) is 3.05. The molecule has 0 amide bonds. The Balaban J connectivity index is 1.85. The van der Waals surface area contributed by atoms with Gasteiger partial charge in [0.2, 0.25) is 0 Å². The summed E-state index contributed by atoms with van der Waals surface area (Å²) in [6.07, 6.45) is 3.40. The summed E-state index contributed by atoms with van der Waals surface area (Å²) < 4.78 is 0. The van der Waals surface area contributed by atoms with Gasteiger partial charge >= 0.3 is 0 Å². The average molecular weight is 260 g/mol. The molecule has 0 saturated carbocycles. The monoisotopic (exact) mass is 260 g/mol. The zero-order chi connectivity index (χ0) is 13.7. The number of aromatic amines is 1. The van der Waals surface area contributed by atoms with Crippen LogP contribution in [-0.4, -0.2) is 31.7 Å². The van der Waals surface area contributed by atoms with Crippen molar-refractivity contribution in [2.24, 2.45) is 0 Å². The molecule has 0 bridgehead atoms. The molecule has 0 spiro atoms. The van der Waals surface area contributed by atoms with Crippen molar-refractivity contribution in [3.05, 3.63) is 29.7 Å². The Hall–Kier alpha value is -1.98. The lowest BCUT2D eigenvalue weighted by Crippen LogP contribution is -2.08. The molecule has 0 unspecified atom stereocenters. The summed E-state index contributed by atoms with van der Waals surface area (Å²) in [6.45, 7) is 7.05. The number of H-pyrrole nitrogens is 1. The predicted molar refractivity (Wildman–Crippen MR) is 74.1 cm³/mol. The van der Waals surface area contributed by atoms with Gasteiger partial charge in [0.15, 0.2) is 0 Å². The second-order valence-electron chi connectivity index (χ2n) is 4.87. The third-order valence-electron chi connectivity index (χ3n) is 2.75. The highest BCUT2D eigenvalue weighted by Gasteiger charge is 2.05. The SMILES string of the molecule is Cc1cc(NCCCc2ncn[nH]2)nc(C(C)C)n1. The molecule has 102 valence electrons. The van der Waals surface area contributed by atoms with E-state index in [-0.39, 0.29) is 0 Å². The van der Waals surface area contributed by atoms with Crippen LogP contribution in [0.1, 0.15) is 43.5 Å². The first-order valence-electron chi connectivity index (χ1n) is 6.59. The molecule has 0 aliphatic heterocycles. The van der Waals surface area contributed by atoms with Crippen LogP contribution in [0.5, 0.6) is 0 Å². The molecule has 0 radical (unpaired) electrons. The smallest absolute Gasteiger partial charge is 0.137 e. The van der Waals surface area contributed by atoms with Crippen molar-refractivity contribution in [1.82, 2.24) is 25.1 Å². The van der Waals surface area contributed by atoms with Gasteiger partial charge in [-0.2, -0.15) is 5.10 Å². The van der Waals surface area contributed by atoms with Gasteiger partial charge in [-0.15, -0.1) is 0 Å². The van der Waals surface area contributed by atoms with Crippen molar-refractivity contribution in [2.45, 2.75) is 39.5 Å². The predicted octanol–water partition coefficient (Wildman–Crippen LogP) is 2.07. The third kappa shape index (κ3) is 4.01. The van der Waals surface area contributed by atoms with Gasteiger partial charge in [-0.05, 0) is 13.3 Å². The maximum Gasteiger partial charge on any atom is 0.137 e. The van der Waals surface area contributed by atoms with Crippen LogP contribution < -0.4 is 5.32 Å². The Morgan fingerprint density at radius 1 is 1.32 bits per heavy atom. The second-order valence-corrected chi connectivity index (χ2v) is 4.87. The van der Waals surface area contributed by atoms with Gasteiger partial charge in [-0.25, -0.2) is 15.0 Å². The highest BCUT2D eigenvalue weighted by molar-refractivity contribution is 5.36. The Labute approximate surface area is 113 Å². The third-order valence-corrected chi connectivity index (χ3v) is 2.75. The summed E-state index contributed by atoms with van der Waals surface area (Å²) in [4.78, 5) is 13.0. The number of aromatic nitrogens is 5. The molecular weight excluding hydrogens is 240 g/mol.